The Morgan fingerprint density at radius 2 is 0.734 bits per heavy atom. The van der Waals surface area contributed by atoms with Gasteiger partial charge < -0.3 is 125 Å². The first-order chi connectivity index (χ1) is 61.1. The summed E-state index contributed by atoms with van der Waals surface area (Å²) in [4.78, 5) is 303. The Morgan fingerprint density at radius 3 is 1.11 bits per heavy atom. The molecule has 0 atom stereocenters. The van der Waals surface area contributed by atoms with E-state index in [0.717, 1.165) is 79.0 Å². The van der Waals surface area contributed by atoms with Gasteiger partial charge in [-0.3, -0.25) is 105 Å². The SMILES string of the molecule is Cc1cn(CC(=O)N(CCNC(=O)CN(CCNC(=O)CN(CCNC(=O)COCCOCCN)C(=O)Cn2ccc(N)nc2=O)C(=O)Cn2ccc(N)nc2=O)CC(=O)NCCN(CC(=O)NCCN(CC(=O)NCCN(CC(N)=O)C(=O)Cn2cnc3c(=O)[nH]c(N)nc32)C(=O)Cn2cnc3c(N)ncnc32)C(=O)Cn2cnc3c(=O)[nH]c(N)nc32)c(=O)[nH]c1=O. The van der Waals surface area contributed by atoms with Crippen molar-refractivity contribution in [1.29, 1.82) is 0 Å². The third kappa shape index (κ3) is 28.1. The van der Waals surface area contributed by atoms with Crippen LogP contribution in [-0.4, -0.2) is 344 Å². The third-order valence-corrected chi connectivity index (χ3v) is 18.5. The molecular weight excluding hydrogens is 1700 g/mol. The normalized spacial score (nSPS) is 11.1. The number of hydrogen-bond donors (Lipinski definition) is 16. The van der Waals surface area contributed by atoms with Crippen molar-refractivity contribution in [1.82, 2.24) is 149 Å². The number of imidazole rings is 3. The van der Waals surface area contributed by atoms with Gasteiger partial charge in [0, 0.05) is 109 Å². The second-order valence-corrected chi connectivity index (χ2v) is 27.9. The molecule has 684 valence electrons. The van der Waals surface area contributed by atoms with Crippen LogP contribution in [0.15, 0.2) is 84.8 Å². The summed E-state index contributed by atoms with van der Waals surface area (Å²) in [6.07, 6.45) is 8.06. The molecular formula is C70H93N37O21. The van der Waals surface area contributed by atoms with Crippen LogP contribution < -0.4 is 106 Å². The fourth-order valence-corrected chi connectivity index (χ4v) is 12.1. The standard InChI is InChI=1S/C70H93N37O21/c1-40-22-104(70(126)95-63(40)121)31-52(117)99(15-7-80-44(109)24-97(50(115)29-102-11-2-41(72)89-68(102)124)14-6-79-45(110)25-98(51(116)30-103-12-3-42(73)90-69(103)125)18-10-83-49(114)35-128-21-20-127-19-4-71)26-46(111)81-9-17-101(55(120)34-107-39-88-58-62(107)92-67(77)94-65(58)123)28-48(113)82-8-16-100(54(119)32-105-37-86-56-59(75)84-36-85-60(56)105)27-47(112)78-5-13-96(23-43(74)108)53(118)33-106-38-87-57-61(106)91-66(76)93-64(57)122/h2-3,11-12,22,36-39H,4-10,13-21,23-35,71H2,1H3,(H2,74,108)(H,78,112)(H,79,110)(H,80,109)(H,81,111)(H,82,113)(H,83,114)(H2,72,89,124)(H2,73,90,125)(H2,75,84,85)(H,95,121,126)(H3,76,91,93,122)(H3,77,92,94,123). The average Bonchev–Trinajstić information content (AvgIpc) is 1.66. The van der Waals surface area contributed by atoms with E-state index in [1.165, 1.54) is 40.7 Å². The molecule has 0 aliphatic heterocycles. The summed E-state index contributed by atoms with van der Waals surface area (Å²) in [5.74, 6) is -11.8. The highest BCUT2D eigenvalue weighted by molar-refractivity contribution is 5.91. The maximum absolute atomic E-state index is 14.5. The molecule has 0 spiro atoms. The fraction of sp³-hybridized carbons (Fsp3) is 0.429. The van der Waals surface area contributed by atoms with Crippen LogP contribution in [0.4, 0.5) is 29.4 Å². The van der Waals surface area contributed by atoms with Crippen molar-refractivity contribution in [2.75, 3.05) is 179 Å². The second kappa shape index (κ2) is 45.7. The summed E-state index contributed by atoms with van der Waals surface area (Å²) in [6, 6.07) is 2.48. The number of nitrogens with one attached hydrogen (secondary N) is 9. The summed E-state index contributed by atoms with van der Waals surface area (Å²) < 4.78 is 16.8. The van der Waals surface area contributed by atoms with E-state index in [2.05, 4.69) is 91.7 Å². The minimum Gasteiger partial charge on any atom is -0.383 e. The number of fused-ring (bicyclic) bond motifs is 3. The van der Waals surface area contributed by atoms with Gasteiger partial charge in [-0.2, -0.15) is 19.9 Å². The van der Waals surface area contributed by atoms with Crippen molar-refractivity contribution in [2.24, 2.45) is 11.5 Å². The number of anilines is 5. The molecule has 0 aliphatic carbocycles. The van der Waals surface area contributed by atoms with E-state index in [1.54, 1.807) is 0 Å². The molecule has 0 aliphatic rings. The summed E-state index contributed by atoms with van der Waals surface area (Å²) in [5.41, 5.74) is 34.4. The van der Waals surface area contributed by atoms with Crippen LogP contribution in [0.3, 0.4) is 0 Å². The van der Waals surface area contributed by atoms with Crippen LogP contribution in [0.5, 0.6) is 0 Å². The number of nitrogens with two attached hydrogens (primary N) is 7. The van der Waals surface area contributed by atoms with Crippen LogP contribution in [0, 0.1) is 6.92 Å². The van der Waals surface area contributed by atoms with Crippen molar-refractivity contribution < 1.29 is 71.8 Å². The van der Waals surface area contributed by atoms with E-state index in [4.69, 9.17) is 49.6 Å². The van der Waals surface area contributed by atoms with Gasteiger partial charge in [-0.25, -0.2) is 39.3 Å². The minimum atomic E-state index is -1.02. The molecule has 58 heteroatoms. The highest BCUT2D eigenvalue weighted by Gasteiger charge is 2.28. The number of amides is 13. The largest absolute Gasteiger partial charge is 0.383 e. The molecule has 9 heterocycles. The lowest BCUT2D eigenvalue weighted by atomic mass is 10.3. The molecule has 23 N–H and O–H groups in total. The highest BCUT2D eigenvalue weighted by Crippen LogP contribution is 2.16. The number of primary amides is 1. The Hall–Kier alpha value is -16.3. The van der Waals surface area contributed by atoms with Gasteiger partial charge in [0.25, 0.3) is 16.7 Å². The quantitative estimate of drug-likeness (QED) is 0.0157. The van der Waals surface area contributed by atoms with E-state index in [-0.39, 0.29) is 128 Å². The van der Waals surface area contributed by atoms with Crippen molar-refractivity contribution in [3.63, 3.8) is 0 Å². The topological polar surface area (TPSA) is 810 Å². The van der Waals surface area contributed by atoms with Crippen molar-refractivity contribution in [2.45, 2.75) is 46.2 Å². The molecule has 0 bridgehead atoms. The predicted octanol–water partition coefficient (Wildman–Crippen LogP) is -14.5. The molecule has 58 nitrogen and oxygen atoms in total. The molecule has 128 heavy (non-hydrogen) atoms. The van der Waals surface area contributed by atoms with E-state index in [0.29, 0.717) is 0 Å². The number of nitrogens with zero attached hydrogens (tertiary/aromatic N) is 21. The Labute approximate surface area is 718 Å². The third-order valence-electron chi connectivity index (χ3n) is 18.5. The van der Waals surface area contributed by atoms with Crippen molar-refractivity contribution in [3.05, 3.63) is 124 Å². The van der Waals surface area contributed by atoms with Crippen LogP contribution >= 0.6 is 0 Å². The molecule has 0 aromatic carbocycles. The molecule has 9 rings (SSSR count). The molecule has 0 saturated carbocycles. The molecule has 9 aromatic rings. The lowest BCUT2D eigenvalue weighted by molar-refractivity contribution is -0.138. The average molecular weight is 1790 g/mol. The minimum absolute atomic E-state index is 0.00786. The lowest BCUT2D eigenvalue weighted by Gasteiger charge is -2.26. The number of H-pyrrole nitrogens is 3. The van der Waals surface area contributed by atoms with Gasteiger partial charge in [0.05, 0.1) is 78.1 Å². The summed E-state index contributed by atoms with van der Waals surface area (Å²) in [6.45, 7) is -11.4. The number of nitrogen functional groups attached to an aromatic ring is 5. The van der Waals surface area contributed by atoms with Crippen LogP contribution in [0.2, 0.25) is 0 Å². The summed E-state index contributed by atoms with van der Waals surface area (Å²) in [5, 5.41) is 15.3. The first-order valence-electron chi connectivity index (χ1n) is 38.8. The molecule has 9 aromatic heterocycles. The van der Waals surface area contributed by atoms with Gasteiger partial charge in [-0.15, -0.1) is 0 Å². The number of carbonyl (C=O) groups is 13. The summed E-state index contributed by atoms with van der Waals surface area (Å²) >= 11 is 0. The monoisotopic (exact) mass is 1790 g/mol. The van der Waals surface area contributed by atoms with E-state index < -0.39 is 241 Å². The van der Waals surface area contributed by atoms with Gasteiger partial charge in [0.1, 0.15) is 69.4 Å². The molecule has 0 saturated heterocycles. The predicted molar refractivity (Wildman–Crippen MR) is 444 cm³/mol. The Balaban J connectivity index is 0.861. The van der Waals surface area contributed by atoms with Gasteiger partial charge >= 0.3 is 17.1 Å². The fourth-order valence-electron chi connectivity index (χ4n) is 12.1. The molecule has 0 fully saturated rings. The molecule has 0 radical (unpaired) electrons. The van der Waals surface area contributed by atoms with Crippen LogP contribution in [0.1, 0.15) is 5.56 Å². The Kier molecular flexibility index (Phi) is 34.1. The van der Waals surface area contributed by atoms with E-state index in [1.807, 2.05) is 0 Å². The number of aromatic amines is 3. The second-order valence-electron chi connectivity index (χ2n) is 27.9. The Morgan fingerprint density at radius 1 is 0.391 bits per heavy atom. The number of rotatable bonds is 49. The number of ether oxygens (including phenoxy) is 2. The first kappa shape index (κ1) is 95.5. The zero-order valence-electron chi connectivity index (χ0n) is 68.7. The highest BCUT2D eigenvalue weighted by atomic mass is 16.5. The van der Waals surface area contributed by atoms with E-state index in [9.17, 15) is 91.1 Å². The molecule has 13 amide bonds. The van der Waals surface area contributed by atoms with Crippen LogP contribution in [-0.2, 0) is 111 Å². The maximum Gasteiger partial charge on any atom is 0.349 e. The molecule has 0 unspecified atom stereocenters. The number of aryl methyl sites for hydroxylation is 1. The van der Waals surface area contributed by atoms with Gasteiger partial charge in [-0.1, -0.05) is 0 Å². The van der Waals surface area contributed by atoms with E-state index >= 15 is 0 Å². The maximum atomic E-state index is 14.5. The zero-order chi connectivity index (χ0) is 92.8. The number of hydrogen-bond acceptors (Lipinski definition) is 36. The number of carbonyl (C=O) groups excluding carboxylic acids is 13. The van der Waals surface area contributed by atoms with Gasteiger partial charge in [0.2, 0.25) is 88.7 Å². The lowest BCUT2D eigenvalue weighted by Crippen LogP contribution is -2.50. The van der Waals surface area contributed by atoms with Gasteiger partial charge in [0.15, 0.2) is 33.8 Å². The number of aromatic nitrogens is 18. The van der Waals surface area contributed by atoms with Gasteiger partial charge in [-0.05, 0) is 19.1 Å². The zero-order valence-corrected chi connectivity index (χ0v) is 68.7. The summed E-state index contributed by atoms with van der Waals surface area (Å²) in [7, 11) is 0. The Bertz CT molecular complexity index is 5990. The first-order valence-corrected chi connectivity index (χ1v) is 38.8. The van der Waals surface area contributed by atoms with Crippen molar-refractivity contribution >= 4 is 140 Å². The van der Waals surface area contributed by atoms with Crippen molar-refractivity contribution in [3.8, 4) is 0 Å². The van der Waals surface area contributed by atoms with Crippen LogP contribution in [0.25, 0.3) is 33.5 Å². The smallest absolute Gasteiger partial charge is 0.349 e.